The number of carbonyl (C=O) groups is 1. The minimum Gasteiger partial charge on any atom is -0.391 e. The predicted molar refractivity (Wildman–Crippen MR) is 122 cm³/mol. The van der Waals surface area contributed by atoms with E-state index < -0.39 is 0 Å². The van der Waals surface area contributed by atoms with Crippen LogP contribution in [0.1, 0.15) is 56.8 Å². The maximum absolute atomic E-state index is 12.8. The predicted octanol–water partition coefficient (Wildman–Crippen LogP) is 2.90. The van der Waals surface area contributed by atoms with Gasteiger partial charge in [0.2, 0.25) is 5.91 Å². The molecule has 1 saturated carbocycles. The van der Waals surface area contributed by atoms with Gasteiger partial charge in [0.15, 0.2) is 0 Å². The molecule has 1 aliphatic carbocycles. The van der Waals surface area contributed by atoms with E-state index in [1.807, 2.05) is 16.8 Å². The summed E-state index contributed by atoms with van der Waals surface area (Å²) < 4.78 is 1.92. The average molecular weight is 425 g/mol. The normalized spacial score (nSPS) is 27.2. The lowest BCUT2D eigenvalue weighted by molar-refractivity contribution is -0.122. The number of aryl methyl sites for hydroxylation is 1. The molecule has 1 aromatic heterocycles. The van der Waals surface area contributed by atoms with Crippen LogP contribution in [0.5, 0.6) is 0 Å². The van der Waals surface area contributed by atoms with E-state index in [0.29, 0.717) is 13.1 Å². The Morgan fingerprint density at radius 3 is 2.68 bits per heavy atom. The van der Waals surface area contributed by atoms with Gasteiger partial charge in [-0.3, -0.25) is 9.69 Å². The first-order valence-electron chi connectivity index (χ1n) is 11.9. The lowest BCUT2D eigenvalue weighted by atomic mass is 9.74. The van der Waals surface area contributed by atoms with E-state index in [1.54, 1.807) is 6.20 Å². The first-order chi connectivity index (χ1) is 15.1. The third-order valence-corrected chi connectivity index (χ3v) is 7.33. The molecule has 0 spiro atoms. The summed E-state index contributed by atoms with van der Waals surface area (Å²) in [6, 6.07) is 10.8. The molecule has 0 radical (unpaired) electrons. The summed E-state index contributed by atoms with van der Waals surface area (Å²) in [5, 5.41) is 14.2. The first-order valence-corrected chi connectivity index (χ1v) is 11.9. The van der Waals surface area contributed by atoms with Gasteiger partial charge in [0, 0.05) is 36.8 Å². The van der Waals surface area contributed by atoms with E-state index in [1.165, 1.54) is 18.4 Å². The molecule has 1 saturated heterocycles. The van der Waals surface area contributed by atoms with E-state index in [4.69, 9.17) is 0 Å². The molecule has 2 aliphatic rings. The van der Waals surface area contributed by atoms with Crippen molar-refractivity contribution in [1.29, 1.82) is 0 Å². The minimum absolute atomic E-state index is 0.0175. The second-order valence-corrected chi connectivity index (χ2v) is 9.20. The van der Waals surface area contributed by atoms with Crippen molar-refractivity contribution < 1.29 is 9.90 Å². The van der Waals surface area contributed by atoms with Crippen molar-refractivity contribution in [2.45, 2.75) is 76.0 Å². The summed E-state index contributed by atoms with van der Waals surface area (Å²) in [5.41, 5.74) is 1.12. The van der Waals surface area contributed by atoms with Gasteiger partial charge in [0.05, 0.1) is 6.10 Å². The Labute approximate surface area is 185 Å². The summed E-state index contributed by atoms with van der Waals surface area (Å²) in [6.07, 6.45) is 10.2. The third kappa shape index (κ3) is 5.01. The first kappa shape index (κ1) is 22.0. The van der Waals surface area contributed by atoms with Crippen molar-refractivity contribution in [2.24, 2.45) is 0 Å². The number of benzene rings is 1. The molecule has 4 rings (SSSR count). The number of nitrogens with zero attached hydrogens (tertiary/aromatic N) is 3. The number of hydrogen-bond donors (Lipinski definition) is 2. The van der Waals surface area contributed by atoms with Crippen molar-refractivity contribution in [3.63, 3.8) is 0 Å². The van der Waals surface area contributed by atoms with Gasteiger partial charge >= 0.3 is 0 Å². The maximum atomic E-state index is 12.8. The molecule has 2 aromatic rings. The van der Waals surface area contributed by atoms with Crippen LogP contribution in [0.2, 0.25) is 0 Å². The van der Waals surface area contributed by atoms with Crippen LogP contribution in [0, 0.1) is 0 Å². The summed E-state index contributed by atoms with van der Waals surface area (Å²) in [7, 11) is 0. The van der Waals surface area contributed by atoms with Crippen LogP contribution in [0.15, 0.2) is 42.7 Å². The minimum atomic E-state index is -0.294. The van der Waals surface area contributed by atoms with Crippen LogP contribution in [0.25, 0.3) is 0 Å². The van der Waals surface area contributed by atoms with Crippen LogP contribution < -0.4 is 5.32 Å². The molecular formula is C25H36N4O2. The molecule has 1 amide bonds. The highest BCUT2D eigenvalue weighted by atomic mass is 16.3. The zero-order chi connectivity index (χ0) is 21.7. The topological polar surface area (TPSA) is 70.4 Å². The molecule has 3 atom stereocenters. The lowest BCUT2D eigenvalue weighted by Crippen LogP contribution is -2.42. The Hall–Kier alpha value is -2.18. The molecule has 6 nitrogen and oxygen atoms in total. The molecule has 31 heavy (non-hydrogen) atoms. The molecule has 6 heteroatoms. The fourth-order valence-electron chi connectivity index (χ4n) is 5.49. The SMILES string of the molecule is CCc1nccn1CC(=O)NC[C@@]1(c2ccccc2)CC[C@H](O)[C@@H](N2CCCC2)CC1. The largest absolute Gasteiger partial charge is 0.391 e. The van der Waals surface area contributed by atoms with E-state index in [-0.39, 0.29) is 23.5 Å². The number of aromatic nitrogens is 2. The van der Waals surface area contributed by atoms with Gasteiger partial charge in [-0.15, -0.1) is 0 Å². The molecule has 0 unspecified atom stereocenters. The van der Waals surface area contributed by atoms with Gasteiger partial charge in [-0.05, 0) is 57.2 Å². The number of amides is 1. The zero-order valence-corrected chi connectivity index (χ0v) is 18.7. The lowest BCUT2D eigenvalue weighted by Gasteiger charge is -2.34. The van der Waals surface area contributed by atoms with E-state index in [0.717, 1.165) is 51.0 Å². The molecular weight excluding hydrogens is 388 g/mol. The Morgan fingerprint density at radius 2 is 1.94 bits per heavy atom. The molecule has 2 fully saturated rings. The number of aliphatic hydroxyl groups excluding tert-OH is 1. The van der Waals surface area contributed by atoms with Crippen LogP contribution in [-0.2, 0) is 23.2 Å². The number of nitrogens with one attached hydrogen (secondary N) is 1. The Kier molecular flexibility index (Phi) is 7.08. The van der Waals surface area contributed by atoms with Crippen molar-refractivity contribution in [3.8, 4) is 0 Å². The zero-order valence-electron chi connectivity index (χ0n) is 18.7. The molecule has 2 N–H and O–H groups in total. The summed E-state index contributed by atoms with van der Waals surface area (Å²) in [4.78, 5) is 19.6. The van der Waals surface area contributed by atoms with Crippen molar-refractivity contribution in [2.75, 3.05) is 19.6 Å². The van der Waals surface area contributed by atoms with Crippen LogP contribution >= 0.6 is 0 Å². The fraction of sp³-hybridized carbons (Fsp3) is 0.600. The van der Waals surface area contributed by atoms with Crippen LogP contribution in [0.4, 0.5) is 0 Å². The monoisotopic (exact) mass is 424 g/mol. The molecule has 0 bridgehead atoms. The number of carbonyl (C=O) groups excluding carboxylic acids is 1. The number of hydrogen-bond acceptors (Lipinski definition) is 4. The van der Waals surface area contributed by atoms with Gasteiger partial charge in [-0.2, -0.15) is 0 Å². The quantitative estimate of drug-likeness (QED) is 0.671. The van der Waals surface area contributed by atoms with Crippen molar-refractivity contribution >= 4 is 5.91 Å². The van der Waals surface area contributed by atoms with E-state index in [2.05, 4.69) is 46.4 Å². The smallest absolute Gasteiger partial charge is 0.240 e. The third-order valence-electron chi connectivity index (χ3n) is 7.33. The summed E-state index contributed by atoms with van der Waals surface area (Å²) >= 11 is 0. The number of imidazole rings is 1. The summed E-state index contributed by atoms with van der Waals surface area (Å²) in [5.74, 6) is 0.947. The molecule has 168 valence electrons. The highest BCUT2D eigenvalue weighted by molar-refractivity contribution is 5.76. The second-order valence-electron chi connectivity index (χ2n) is 9.20. The number of rotatable bonds is 7. The Morgan fingerprint density at radius 1 is 1.19 bits per heavy atom. The number of aliphatic hydroxyl groups is 1. The van der Waals surface area contributed by atoms with Crippen molar-refractivity contribution in [1.82, 2.24) is 19.8 Å². The Bertz CT molecular complexity index is 846. The van der Waals surface area contributed by atoms with Crippen molar-refractivity contribution in [3.05, 3.63) is 54.1 Å². The Balaban J connectivity index is 1.48. The highest BCUT2D eigenvalue weighted by Crippen LogP contribution is 2.39. The van der Waals surface area contributed by atoms with Gasteiger partial charge < -0.3 is 15.0 Å². The van der Waals surface area contributed by atoms with Crippen LogP contribution in [-0.4, -0.2) is 57.2 Å². The molecule has 1 aromatic carbocycles. The summed E-state index contributed by atoms with van der Waals surface area (Å²) in [6.45, 7) is 5.15. The van der Waals surface area contributed by atoms with Gasteiger partial charge in [0.1, 0.15) is 12.4 Å². The van der Waals surface area contributed by atoms with Gasteiger partial charge in [0.25, 0.3) is 0 Å². The van der Waals surface area contributed by atoms with Crippen LogP contribution in [0.3, 0.4) is 0 Å². The number of likely N-dealkylation sites (tertiary alicyclic amines) is 1. The molecule has 1 aliphatic heterocycles. The van der Waals surface area contributed by atoms with E-state index in [9.17, 15) is 9.90 Å². The standard InChI is InChI=1S/C25H36N4O2/c1-2-23-26-14-17-29(23)18-24(31)27-19-25(20-8-4-3-5-9-20)12-10-21(22(30)11-13-25)28-15-6-7-16-28/h3-5,8-9,14,17,21-22,30H,2,6-7,10-13,15-16,18-19H2,1H3,(H,27,31)/t21-,22-,25-/m0/s1. The van der Waals surface area contributed by atoms with E-state index >= 15 is 0 Å². The van der Waals surface area contributed by atoms with Gasteiger partial charge in [-0.1, -0.05) is 37.3 Å². The molecule has 2 heterocycles. The fourth-order valence-corrected chi connectivity index (χ4v) is 5.49. The average Bonchev–Trinajstić information content (AvgIpc) is 3.45. The van der Waals surface area contributed by atoms with Gasteiger partial charge in [-0.25, -0.2) is 4.98 Å². The maximum Gasteiger partial charge on any atom is 0.240 e. The highest BCUT2D eigenvalue weighted by Gasteiger charge is 2.40. The second kappa shape index (κ2) is 9.96.